The van der Waals surface area contributed by atoms with Crippen LogP contribution in [0.25, 0.3) is 0 Å². The molecule has 18 heavy (non-hydrogen) atoms. The molecule has 0 unspecified atom stereocenters. The lowest BCUT2D eigenvalue weighted by Gasteiger charge is -2.23. The summed E-state index contributed by atoms with van der Waals surface area (Å²) in [6.45, 7) is 1.59. The SMILES string of the molecule is COCCN(CCC(N)=S)c1nc[nH]c(=O)c1N. The molecule has 1 aromatic heterocycles. The van der Waals surface area contributed by atoms with Crippen molar-refractivity contribution in [2.75, 3.05) is 37.4 Å². The first-order chi connectivity index (χ1) is 8.56. The Balaban J connectivity index is 2.89. The monoisotopic (exact) mass is 271 g/mol. The lowest BCUT2D eigenvalue weighted by molar-refractivity contribution is 0.205. The van der Waals surface area contributed by atoms with Crippen molar-refractivity contribution >= 4 is 28.7 Å². The Morgan fingerprint density at radius 2 is 2.33 bits per heavy atom. The van der Waals surface area contributed by atoms with Gasteiger partial charge in [0.05, 0.1) is 17.9 Å². The number of nitrogens with zero attached hydrogens (tertiary/aromatic N) is 2. The quantitative estimate of drug-likeness (QED) is 0.572. The highest BCUT2D eigenvalue weighted by Crippen LogP contribution is 2.15. The van der Waals surface area contributed by atoms with Gasteiger partial charge in [0.2, 0.25) is 0 Å². The standard InChI is InChI=1S/C10H17N5O2S/c1-17-5-4-15(3-2-7(11)18)9-8(12)10(16)14-6-13-9/h6H,2-5,12H2,1H3,(H2,11,18)(H,13,14,16). The zero-order chi connectivity index (χ0) is 13.5. The Labute approximate surface area is 110 Å². The summed E-state index contributed by atoms with van der Waals surface area (Å²) in [6, 6.07) is 0. The maximum atomic E-state index is 11.4. The van der Waals surface area contributed by atoms with E-state index in [9.17, 15) is 4.79 Å². The molecule has 0 amide bonds. The highest BCUT2D eigenvalue weighted by atomic mass is 32.1. The molecular formula is C10H17N5O2S. The molecule has 1 aromatic rings. The third-order valence-electron chi connectivity index (χ3n) is 2.36. The van der Waals surface area contributed by atoms with Gasteiger partial charge in [-0.3, -0.25) is 4.79 Å². The van der Waals surface area contributed by atoms with Crippen LogP contribution in [0.5, 0.6) is 0 Å². The van der Waals surface area contributed by atoms with Gasteiger partial charge in [0, 0.05) is 26.6 Å². The van der Waals surface area contributed by atoms with Crippen LogP contribution in [0.1, 0.15) is 6.42 Å². The number of aromatic amines is 1. The summed E-state index contributed by atoms with van der Waals surface area (Å²) in [5.41, 5.74) is 10.9. The summed E-state index contributed by atoms with van der Waals surface area (Å²) in [7, 11) is 1.60. The normalized spacial score (nSPS) is 10.3. The molecule has 7 nitrogen and oxygen atoms in total. The summed E-state index contributed by atoms with van der Waals surface area (Å²) in [5.74, 6) is 0.423. The summed E-state index contributed by atoms with van der Waals surface area (Å²) in [6.07, 6.45) is 1.83. The molecule has 0 aliphatic rings. The number of thiocarbonyl (C=S) groups is 1. The van der Waals surface area contributed by atoms with E-state index in [0.717, 1.165) is 0 Å². The summed E-state index contributed by atoms with van der Waals surface area (Å²) >= 11 is 4.84. The van der Waals surface area contributed by atoms with E-state index < -0.39 is 0 Å². The van der Waals surface area contributed by atoms with Crippen molar-refractivity contribution < 1.29 is 4.74 Å². The summed E-state index contributed by atoms with van der Waals surface area (Å²) in [5, 5.41) is 0. The number of nitrogens with one attached hydrogen (secondary N) is 1. The average Bonchev–Trinajstić information content (AvgIpc) is 2.33. The van der Waals surface area contributed by atoms with Gasteiger partial charge in [-0.25, -0.2) is 4.98 Å². The molecule has 5 N–H and O–H groups in total. The molecule has 100 valence electrons. The van der Waals surface area contributed by atoms with Gasteiger partial charge < -0.3 is 26.1 Å². The third-order valence-corrected chi connectivity index (χ3v) is 2.57. The van der Waals surface area contributed by atoms with Gasteiger partial charge in [-0.1, -0.05) is 12.2 Å². The van der Waals surface area contributed by atoms with Crippen LogP contribution in [0.15, 0.2) is 11.1 Å². The van der Waals surface area contributed by atoms with Gasteiger partial charge in [0.1, 0.15) is 5.69 Å². The van der Waals surface area contributed by atoms with Gasteiger partial charge in [0.15, 0.2) is 5.82 Å². The molecule has 0 radical (unpaired) electrons. The molecule has 0 saturated carbocycles. The fraction of sp³-hybridized carbons (Fsp3) is 0.500. The second-order valence-electron chi connectivity index (χ2n) is 3.67. The Morgan fingerprint density at radius 3 is 2.94 bits per heavy atom. The number of H-pyrrole nitrogens is 1. The first kappa shape index (κ1) is 14.4. The minimum atomic E-state index is -0.363. The van der Waals surface area contributed by atoms with Gasteiger partial charge in [0.25, 0.3) is 5.56 Å². The average molecular weight is 271 g/mol. The van der Waals surface area contributed by atoms with Gasteiger partial charge in [-0.05, 0) is 0 Å². The molecule has 0 aromatic carbocycles. The van der Waals surface area contributed by atoms with Gasteiger partial charge in [-0.2, -0.15) is 0 Å². The third kappa shape index (κ3) is 3.97. The summed E-state index contributed by atoms with van der Waals surface area (Å²) < 4.78 is 5.01. The largest absolute Gasteiger partial charge is 0.393 e. The van der Waals surface area contributed by atoms with Crippen LogP contribution in [-0.2, 0) is 4.74 Å². The van der Waals surface area contributed by atoms with E-state index in [4.69, 9.17) is 28.4 Å². The lowest BCUT2D eigenvalue weighted by atomic mass is 10.3. The van der Waals surface area contributed by atoms with Crippen LogP contribution in [0.2, 0.25) is 0 Å². The molecule has 0 atom stereocenters. The highest BCUT2D eigenvalue weighted by molar-refractivity contribution is 7.80. The topological polar surface area (TPSA) is 110 Å². The number of ether oxygens (including phenoxy) is 1. The van der Waals surface area contributed by atoms with E-state index in [1.54, 1.807) is 7.11 Å². The van der Waals surface area contributed by atoms with E-state index in [1.807, 2.05) is 4.90 Å². The van der Waals surface area contributed by atoms with E-state index in [-0.39, 0.29) is 11.2 Å². The predicted molar refractivity (Wildman–Crippen MR) is 74.8 cm³/mol. The van der Waals surface area contributed by atoms with Crippen molar-refractivity contribution in [2.24, 2.45) is 5.73 Å². The minimum Gasteiger partial charge on any atom is -0.393 e. The van der Waals surface area contributed by atoms with Gasteiger partial charge in [-0.15, -0.1) is 0 Å². The molecule has 1 rings (SSSR count). The fourth-order valence-electron chi connectivity index (χ4n) is 1.42. The number of aromatic nitrogens is 2. The predicted octanol–water partition coefficient (Wildman–Crippen LogP) is -0.519. The van der Waals surface area contributed by atoms with Gasteiger partial charge >= 0.3 is 0 Å². The number of nitrogen functional groups attached to an aromatic ring is 1. The first-order valence-corrected chi connectivity index (χ1v) is 5.82. The molecule has 0 spiro atoms. The molecule has 0 saturated heterocycles. The minimum absolute atomic E-state index is 0.0801. The molecule has 0 bridgehead atoms. The van der Waals surface area contributed by atoms with E-state index in [2.05, 4.69) is 9.97 Å². The maximum absolute atomic E-state index is 11.4. The van der Waals surface area contributed by atoms with Crippen LogP contribution in [-0.4, -0.2) is 41.8 Å². The second kappa shape index (κ2) is 6.92. The van der Waals surface area contributed by atoms with E-state index >= 15 is 0 Å². The zero-order valence-electron chi connectivity index (χ0n) is 10.2. The fourth-order valence-corrected chi connectivity index (χ4v) is 1.51. The van der Waals surface area contributed by atoms with Crippen molar-refractivity contribution in [1.29, 1.82) is 0 Å². The van der Waals surface area contributed by atoms with Crippen LogP contribution < -0.4 is 21.9 Å². The van der Waals surface area contributed by atoms with Crippen LogP contribution in [0, 0.1) is 0 Å². The van der Waals surface area contributed by atoms with Crippen molar-refractivity contribution in [3.63, 3.8) is 0 Å². The van der Waals surface area contributed by atoms with Crippen LogP contribution in [0.3, 0.4) is 0 Å². The Hall–Kier alpha value is -1.67. The van der Waals surface area contributed by atoms with Crippen molar-refractivity contribution in [2.45, 2.75) is 6.42 Å². The smallest absolute Gasteiger partial charge is 0.276 e. The van der Waals surface area contributed by atoms with Crippen LogP contribution >= 0.6 is 12.2 Å². The molecule has 0 aliphatic heterocycles. The number of nitrogens with two attached hydrogens (primary N) is 2. The Morgan fingerprint density at radius 1 is 1.61 bits per heavy atom. The van der Waals surface area contributed by atoms with Crippen molar-refractivity contribution in [3.8, 4) is 0 Å². The molecule has 0 fully saturated rings. The maximum Gasteiger partial charge on any atom is 0.276 e. The molecule has 1 heterocycles. The number of hydrogen-bond donors (Lipinski definition) is 3. The van der Waals surface area contributed by atoms with Crippen molar-refractivity contribution in [3.05, 3.63) is 16.7 Å². The zero-order valence-corrected chi connectivity index (χ0v) is 11.0. The number of anilines is 2. The van der Waals surface area contributed by atoms with Crippen LogP contribution in [0.4, 0.5) is 11.5 Å². The Kier molecular flexibility index (Phi) is 5.53. The van der Waals surface area contributed by atoms with E-state index in [0.29, 0.717) is 36.9 Å². The number of hydrogen-bond acceptors (Lipinski definition) is 6. The molecule has 8 heteroatoms. The number of methoxy groups -OCH3 is 1. The first-order valence-electron chi connectivity index (χ1n) is 5.41. The number of rotatable bonds is 7. The second-order valence-corrected chi connectivity index (χ2v) is 4.19. The highest BCUT2D eigenvalue weighted by Gasteiger charge is 2.13. The Bertz CT molecular complexity index is 462. The summed E-state index contributed by atoms with van der Waals surface area (Å²) in [4.78, 5) is 20.1. The lowest BCUT2D eigenvalue weighted by Crippen LogP contribution is -2.33. The van der Waals surface area contributed by atoms with Crippen molar-refractivity contribution in [1.82, 2.24) is 9.97 Å². The molecular weight excluding hydrogens is 254 g/mol. The van der Waals surface area contributed by atoms with E-state index in [1.165, 1.54) is 6.33 Å². The molecule has 0 aliphatic carbocycles.